The molecule has 1 aliphatic rings. The lowest BCUT2D eigenvalue weighted by molar-refractivity contribution is 0.102. The molecular weight excluding hydrogens is 136 g/mol. The van der Waals surface area contributed by atoms with Crippen molar-refractivity contribution in [1.29, 1.82) is 0 Å². The molecule has 1 rings (SSSR count). The second-order valence-electron chi connectivity index (χ2n) is 2.82. The average Bonchev–Trinajstić information content (AvgIpc) is 2.28. The molecular formula is C10H16O. The van der Waals surface area contributed by atoms with Crippen LogP contribution in [0.15, 0.2) is 23.8 Å². The number of allylic oxidation sites excluding steroid dienone is 2. The molecule has 0 fully saturated rings. The van der Waals surface area contributed by atoms with Crippen molar-refractivity contribution in [2.75, 3.05) is 6.61 Å². The maximum absolute atomic E-state index is 5.60. The van der Waals surface area contributed by atoms with Gasteiger partial charge in [0.25, 0.3) is 0 Å². The molecule has 0 N–H and O–H groups in total. The smallest absolute Gasteiger partial charge is 0.0760 e. The minimum absolute atomic E-state index is 0.329. The minimum atomic E-state index is 0.329. The van der Waals surface area contributed by atoms with Gasteiger partial charge in [-0.2, -0.15) is 0 Å². The topological polar surface area (TPSA) is 9.23 Å². The van der Waals surface area contributed by atoms with Crippen molar-refractivity contribution in [2.45, 2.75) is 32.8 Å². The van der Waals surface area contributed by atoms with Crippen molar-refractivity contribution >= 4 is 0 Å². The lowest BCUT2D eigenvalue weighted by atomic mass is 10.2. The Balaban J connectivity index is 2.48. The molecule has 0 bridgehead atoms. The Bertz CT molecular complexity index is 168. The zero-order chi connectivity index (χ0) is 8.10. The van der Waals surface area contributed by atoms with E-state index in [0.717, 1.165) is 19.4 Å². The van der Waals surface area contributed by atoms with Gasteiger partial charge in [-0.3, -0.25) is 0 Å². The fourth-order valence-electron chi connectivity index (χ4n) is 1.11. The molecule has 1 heteroatoms. The quantitative estimate of drug-likeness (QED) is 0.591. The number of hydrogen-bond acceptors (Lipinski definition) is 1. The Labute approximate surface area is 68.8 Å². The molecule has 1 atom stereocenters. The molecule has 11 heavy (non-hydrogen) atoms. The fraction of sp³-hybridized carbons (Fsp3) is 0.600. The third-order valence-electron chi connectivity index (χ3n) is 2.00. The normalized spacial score (nSPS) is 24.5. The molecule has 0 aromatic carbocycles. The van der Waals surface area contributed by atoms with Gasteiger partial charge in [-0.1, -0.05) is 32.1 Å². The summed E-state index contributed by atoms with van der Waals surface area (Å²) < 4.78 is 5.60. The van der Waals surface area contributed by atoms with Gasteiger partial charge < -0.3 is 4.74 Å². The van der Waals surface area contributed by atoms with E-state index in [9.17, 15) is 0 Å². The van der Waals surface area contributed by atoms with Crippen LogP contribution in [0.2, 0.25) is 0 Å². The molecule has 1 aliphatic heterocycles. The second-order valence-corrected chi connectivity index (χ2v) is 2.82. The molecule has 1 nitrogen and oxygen atoms in total. The van der Waals surface area contributed by atoms with Crippen LogP contribution in [0.1, 0.15) is 26.7 Å². The van der Waals surface area contributed by atoms with Crippen molar-refractivity contribution in [3.8, 4) is 0 Å². The third-order valence-corrected chi connectivity index (χ3v) is 2.00. The highest BCUT2D eigenvalue weighted by molar-refractivity contribution is 5.15. The van der Waals surface area contributed by atoms with Gasteiger partial charge in [-0.25, -0.2) is 0 Å². The fourth-order valence-corrected chi connectivity index (χ4v) is 1.11. The predicted octanol–water partition coefficient (Wildman–Crippen LogP) is 2.69. The van der Waals surface area contributed by atoms with E-state index in [2.05, 4.69) is 32.1 Å². The van der Waals surface area contributed by atoms with Crippen LogP contribution in [-0.2, 0) is 4.74 Å². The first-order chi connectivity index (χ1) is 5.36. The van der Waals surface area contributed by atoms with E-state index in [1.165, 1.54) is 5.57 Å². The molecule has 0 aromatic heterocycles. The average molecular weight is 152 g/mol. The number of rotatable bonds is 2. The summed E-state index contributed by atoms with van der Waals surface area (Å²) in [5.41, 5.74) is 1.39. The molecule has 62 valence electrons. The van der Waals surface area contributed by atoms with Gasteiger partial charge in [0.05, 0.1) is 12.7 Å². The van der Waals surface area contributed by atoms with Gasteiger partial charge in [0, 0.05) is 0 Å². The van der Waals surface area contributed by atoms with E-state index in [1.54, 1.807) is 0 Å². The van der Waals surface area contributed by atoms with E-state index < -0.39 is 0 Å². The van der Waals surface area contributed by atoms with Gasteiger partial charge in [-0.05, 0) is 18.4 Å². The van der Waals surface area contributed by atoms with Gasteiger partial charge in [0.15, 0.2) is 0 Å². The van der Waals surface area contributed by atoms with Crippen LogP contribution in [0.25, 0.3) is 0 Å². The summed E-state index contributed by atoms with van der Waals surface area (Å²) in [5, 5.41) is 0. The van der Waals surface area contributed by atoms with E-state index >= 15 is 0 Å². The van der Waals surface area contributed by atoms with Crippen molar-refractivity contribution in [1.82, 2.24) is 0 Å². The maximum atomic E-state index is 5.60. The molecule has 0 radical (unpaired) electrons. The van der Waals surface area contributed by atoms with E-state index in [1.807, 2.05) is 0 Å². The SMILES string of the molecule is CCC1=CC=CC(CC)OC1. The zero-order valence-electron chi connectivity index (χ0n) is 7.34. The highest BCUT2D eigenvalue weighted by atomic mass is 16.5. The molecule has 0 aromatic rings. The van der Waals surface area contributed by atoms with Gasteiger partial charge in [0.1, 0.15) is 0 Å². The largest absolute Gasteiger partial charge is 0.370 e. The van der Waals surface area contributed by atoms with Crippen LogP contribution < -0.4 is 0 Å². The third kappa shape index (κ3) is 2.51. The van der Waals surface area contributed by atoms with Crippen molar-refractivity contribution in [3.05, 3.63) is 23.8 Å². The Morgan fingerprint density at radius 1 is 1.55 bits per heavy atom. The van der Waals surface area contributed by atoms with Crippen LogP contribution in [-0.4, -0.2) is 12.7 Å². The summed E-state index contributed by atoms with van der Waals surface area (Å²) in [6, 6.07) is 0. The molecule has 1 heterocycles. The van der Waals surface area contributed by atoms with E-state index in [0.29, 0.717) is 6.10 Å². The summed E-state index contributed by atoms with van der Waals surface area (Å²) in [6.07, 6.45) is 8.90. The molecule has 0 saturated carbocycles. The first-order valence-electron chi connectivity index (χ1n) is 4.34. The maximum Gasteiger partial charge on any atom is 0.0760 e. The van der Waals surface area contributed by atoms with E-state index in [-0.39, 0.29) is 0 Å². The Morgan fingerprint density at radius 3 is 3.00 bits per heavy atom. The Kier molecular flexibility index (Phi) is 3.37. The predicted molar refractivity (Wildman–Crippen MR) is 47.5 cm³/mol. The highest BCUT2D eigenvalue weighted by Crippen LogP contribution is 2.10. The van der Waals surface area contributed by atoms with Crippen molar-refractivity contribution < 1.29 is 4.74 Å². The summed E-state index contributed by atoms with van der Waals surface area (Å²) in [4.78, 5) is 0. The Morgan fingerprint density at radius 2 is 2.36 bits per heavy atom. The number of ether oxygens (including phenoxy) is 1. The second kappa shape index (κ2) is 4.35. The number of hydrogen-bond donors (Lipinski definition) is 0. The highest BCUT2D eigenvalue weighted by Gasteiger charge is 2.04. The van der Waals surface area contributed by atoms with Gasteiger partial charge in [0.2, 0.25) is 0 Å². The summed E-state index contributed by atoms with van der Waals surface area (Å²) in [7, 11) is 0. The van der Waals surface area contributed by atoms with Gasteiger partial charge in [-0.15, -0.1) is 0 Å². The summed E-state index contributed by atoms with van der Waals surface area (Å²) in [6.45, 7) is 5.11. The monoisotopic (exact) mass is 152 g/mol. The molecule has 0 amide bonds. The zero-order valence-corrected chi connectivity index (χ0v) is 7.34. The molecule has 0 aliphatic carbocycles. The van der Waals surface area contributed by atoms with Crippen LogP contribution >= 0.6 is 0 Å². The first kappa shape index (κ1) is 8.54. The minimum Gasteiger partial charge on any atom is -0.370 e. The van der Waals surface area contributed by atoms with Crippen LogP contribution in [0, 0.1) is 0 Å². The molecule has 0 spiro atoms. The molecule has 0 saturated heterocycles. The summed E-state index contributed by atoms with van der Waals surface area (Å²) in [5.74, 6) is 0. The molecule has 1 unspecified atom stereocenters. The Hall–Kier alpha value is -0.560. The van der Waals surface area contributed by atoms with Crippen LogP contribution in [0.5, 0.6) is 0 Å². The lowest BCUT2D eigenvalue weighted by Gasteiger charge is -2.10. The van der Waals surface area contributed by atoms with E-state index in [4.69, 9.17) is 4.74 Å². The van der Waals surface area contributed by atoms with Crippen molar-refractivity contribution in [3.63, 3.8) is 0 Å². The summed E-state index contributed by atoms with van der Waals surface area (Å²) >= 11 is 0. The van der Waals surface area contributed by atoms with Crippen LogP contribution in [0.4, 0.5) is 0 Å². The first-order valence-corrected chi connectivity index (χ1v) is 4.34. The standard InChI is InChI=1S/C10H16O/c1-3-9-6-5-7-10(4-2)11-8-9/h5-7,10H,3-4,8H2,1-2H3. The van der Waals surface area contributed by atoms with Crippen molar-refractivity contribution in [2.24, 2.45) is 0 Å². The van der Waals surface area contributed by atoms with Crippen LogP contribution in [0.3, 0.4) is 0 Å². The lowest BCUT2D eigenvalue weighted by Crippen LogP contribution is -2.08. The van der Waals surface area contributed by atoms with Gasteiger partial charge >= 0.3 is 0 Å².